The van der Waals surface area contributed by atoms with E-state index in [1.807, 2.05) is 0 Å². The maximum absolute atomic E-state index is 5.11. The number of aryl methyl sites for hydroxylation is 4. The van der Waals surface area contributed by atoms with Gasteiger partial charge in [-0.3, -0.25) is 0 Å². The molecule has 0 aliphatic heterocycles. The number of benzene rings is 2. The molecule has 1 aliphatic carbocycles. The Morgan fingerprint density at radius 3 is 2.54 bits per heavy atom. The average Bonchev–Trinajstić information content (AvgIpc) is 2.89. The third-order valence-electron chi connectivity index (χ3n) is 5.29. The van der Waals surface area contributed by atoms with Crippen molar-refractivity contribution < 1.29 is 4.57 Å². The van der Waals surface area contributed by atoms with Crippen molar-refractivity contribution >= 4 is 0 Å². The molecule has 1 aliphatic rings. The topological polar surface area (TPSA) is 16.8 Å². The van der Waals surface area contributed by atoms with E-state index < -0.39 is 0 Å². The van der Waals surface area contributed by atoms with Crippen molar-refractivity contribution in [1.82, 2.24) is 4.98 Å². The third kappa shape index (κ3) is 2.17. The second-order valence-electron chi connectivity index (χ2n) is 7.08. The molecule has 24 heavy (non-hydrogen) atoms. The van der Waals surface area contributed by atoms with Crippen LogP contribution in [-0.2, 0) is 13.5 Å². The van der Waals surface area contributed by atoms with Gasteiger partial charge < -0.3 is 0 Å². The number of nitrogens with zero attached hydrogens (tertiary/aromatic N) is 2. The molecule has 1 heterocycles. The highest BCUT2D eigenvalue weighted by atomic mass is 15.0. The van der Waals surface area contributed by atoms with Crippen LogP contribution in [0.15, 0.2) is 36.5 Å². The van der Waals surface area contributed by atoms with E-state index in [1.54, 1.807) is 0 Å². The molecule has 0 bridgehead atoms. The van der Waals surface area contributed by atoms with Crippen molar-refractivity contribution in [2.75, 3.05) is 0 Å². The largest absolute Gasteiger partial charge is 0.331 e. The van der Waals surface area contributed by atoms with Gasteiger partial charge in [-0.15, -0.1) is 0 Å². The minimum atomic E-state index is 0.990. The van der Waals surface area contributed by atoms with Crippen LogP contribution in [0.25, 0.3) is 22.6 Å². The molecule has 4 rings (SSSR count). The average molecular weight is 315 g/mol. The summed E-state index contributed by atoms with van der Waals surface area (Å²) in [6, 6.07) is 11.0. The van der Waals surface area contributed by atoms with Gasteiger partial charge >= 0.3 is 5.82 Å². The van der Waals surface area contributed by atoms with Gasteiger partial charge in [-0.1, -0.05) is 24.3 Å². The molecule has 0 amide bonds. The molecular weight excluding hydrogens is 292 g/mol. The highest BCUT2D eigenvalue weighted by molar-refractivity contribution is 5.75. The molecule has 0 atom stereocenters. The first-order valence-corrected chi connectivity index (χ1v) is 8.52. The fraction of sp³-hybridized carbons (Fsp3) is 0.273. The van der Waals surface area contributed by atoms with E-state index in [0.717, 1.165) is 17.9 Å². The number of fused-ring (bicyclic) bond motifs is 3. The van der Waals surface area contributed by atoms with E-state index in [-0.39, 0.29) is 0 Å². The van der Waals surface area contributed by atoms with Crippen LogP contribution >= 0.6 is 0 Å². The van der Waals surface area contributed by atoms with Crippen molar-refractivity contribution in [3.63, 3.8) is 0 Å². The Bertz CT molecular complexity index is 984. The van der Waals surface area contributed by atoms with E-state index in [4.69, 9.17) is 4.98 Å². The van der Waals surface area contributed by atoms with Gasteiger partial charge in [-0.05, 0) is 66.6 Å². The van der Waals surface area contributed by atoms with Gasteiger partial charge in [0.15, 0.2) is 5.69 Å². The molecule has 2 aromatic carbocycles. The Morgan fingerprint density at radius 1 is 0.958 bits per heavy atom. The van der Waals surface area contributed by atoms with Gasteiger partial charge in [0, 0.05) is 17.5 Å². The summed E-state index contributed by atoms with van der Waals surface area (Å²) in [5.74, 6) is 1.05. The molecule has 0 radical (unpaired) electrons. The molecular formula is C22H23N2+. The van der Waals surface area contributed by atoms with Crippen molar-refractivity contribution in [1.29, 1.82) is 0 Å². The molecule has 1 aromatic heterocycles. The first kappa shape index (κ1) is 15.1. The van der Waals surface area contributed by atoms with Gasteiger partial charge in [-0.2, -0.15) is 0 Å². The van der Waals surface area contributed by atoms with Crippen LogP contribution in [0.4, 0.5) is 0 Å². The maximum Gasteiger partial charge on any atom is 0.331 e. The first-order valence-electron chi connectivity index (χ1n) is 8.52. The molecule has 0 fully saturated rings. The minimum absolute atomic E-state index is 0.990. The Kier molecular flexibility index (Phi) is 3.31. The van der Waals surface area contributed by atoms with Crippen LogP contribution in [0, 0.1) is 27.7 Å². The van der Waals surface area contributed by atoms with Crippen LogP contribution < -0.4 is 4.57 Å². The number of hydrogen-bond acceptors (Lipinski definition) is 1. The molecule has 0 saturated carbocycles. The Labute approximate surface area is 143 Å². The molecule has 3 aromatic rings. The quantitative estimate of drug-likeness (QED) is 0.476. The standard InChI is InChI=1S/C22H23N2/c1-13-9-15(3)16(4)20(10-13)22-23-21-17(12-24(22)5)11-19-14(2)7-6-8-18(19)21/h6-10,12H,11H2,1-5H3/q+1. The maximum atomic E-state index is 5.11. The number of hydrogen-bond donors (Lipinski definition) is 0. The summed E-state index contributed by atoms with van der Waals surface area (Å²) in [6.07, 6.45) is 3.25. The fourth-order valence-corrected chi connectivity index (χ4v) is 3.85. The van der Waals surface area contributed by atoms with Crippen LogP contribution in [0.5, 0.6) is 0 Å². The fourth-order valence-electron chi connectivity index (χ4n) is 3.85. The molecule has 2 heteroatoms. The van der Waals surface area contributed by atoms with Gasteiger partial charge in [0.05, 0.1) is 18.8 Å². The lowest BCUT2D eigenvalue weighted by Gasteiger charge is -2.09. The third-order valence-corrected chi connectivity index (χ3v) is 5.29. The van der Waals surface area contributed by atoms with Crippen LogP contribution in [0.1, 0.15) is 33.4 Å². The Hall–Kier alpha value is -2.48. The second-order valence-corrected chi connectivity index (χ2v) is 7.08. The lowest BCUT2D eigenvalue weighted by Crippen LogP contribution is -2.33. The number of aromatic nitrogens is 2. The van der Waals surface area contributed by atoms with Crippen LogP contribution in [-0.4, -0.2) is 4.98 Å². The molecule has 0 spiro atoms. The lowest BCUT2D eigenvalue weighted by atomic mass is 9.99. The predicted octanol–water partition coefficient (Wildman–Crippen LogP) is 4.38. The zero-order valence-corrected chi connectivity index (χ0v) is 15.1. The summed E-state index contributed by atoms with van der Waals surface area (Å²) in [6.45, 7) is 8.72. The summed E-state index contributed by atoms with van der Waals surface area (Å²) in [7, 11) is 2.11. The highest BCUT2D eigenvalue weighted by Gasteiger charge is 2.29. The van der Waals surface area contributed by atoms with Crippen molar-refractivity contribution in [2.24, 2.45) is 7.05 Å². The first-order chi connectivity index (χ1) is 11.5. The van der Waals surface area contributed by atoms with Crippen molar-refractivity contribution in [2.45, 2.75) is 34.1 Å². The number of rotatable bonds is 1. The van der Waals surface area contributed by atoms with Gasteiger partial charge in [0.2, 0.25) is 0 Å². The second kappa shape index (κ2) is 5.27. The Balaban J connectivity index is 1.97. The van der Waals surface area contributed by atoms with E-state index >= 15 is 0 Å². The molecule has 120 valence electrons. The van der Waals surface area contributed by atoms with E-state index in [9.17, 15) is 0 Å². The van der Waals surface area contributed by atoms with Crippen LogP contribution in [0.2, 0.25) is 0 Å². The lowest BCUT2D eigenvalue weighted by molar-refractivity contribution is -0.663. The summed E-state index contributed by atoms with van der Waals surface area (Å²) in [5.41, 5.74) is 11.7. The van der Waals surface area contributed by atoms with E-state index in [2.05, 4.69) is 75.8 Å². The molecule has 0 saturated heterocycles. The summed E-state index contributed by atoms with van der Waals surface area (Å²) in [5, 5.41) is 0. The summed E-state index contributed by atoms with van der Waals surface area (Å²) < 4.78 is 2.18. The molecule has 2 nitrogen and oxygen atoms in total. The smallest absolute Gasteiger partial charge is 0.233 e. The highest BCUT2D eigenvalue weighted by Crippen LogP contribution is 2.37. The van der Waals surface area contributed by atoms with E-state index in [1.165, 1.54) is 44.5 Å². The molecule has 0 N–H and O–H groups in total. The van der Waals surface area contributed by atoms with E-state index in [0.29, 0.717) is 0 Å². The van der Waals surface area contributed by atoms with Gasteiger partial charge in [0.25, 0.3) is 0 Å². The SMILES string of the molecule is Cc1cc(C)c(C)c(-c2nc3c(c[n+]2C)Cc2c(C)cccc2-3)c1. The zero-order valence-electron chi connectivity index (χ0n) is 15.1. The van der Waals surface area contributed by atoms with Gasteiger partial charge in [-0.25, -0.2) is 4.57 Å². The van der Waals surface area contributed by atoms with Crippen molar-refractivity contribution in [3.05, 3.63) is 69.9 Å². The normalized spacial score (nSPS) is 12.2. The van der Waals surface area contributed by atoms with Crippen LogP contribution in [0.3, 0.4) is 0 Å². The summed E-state index contributed by atoms with van der Waals surface area (Å²) in [4.78, 5) is 5.11. The minimum Gasteiger partial charge on any atom is -0.233 e. The monoisotopic (exact) mass is 315 g/mol. The van der Waals surface area contributed by atoms with Gasteiger partial charge in [0.1, 0.15) is 0 Å². The Morgan fingerprint density at radius 2 is 1.75 bits per heavy atom. The summed E-state index contributed by atoms with van der Waals surface area (Å²) >= 11 is 0. The zero-order chi connectivity index (χ0) is 17.0. The predicted molar refractivity (Wildman–Crippen MR) is 98.0 cm³/mol. The van der Waals surface area contributed by atoms with Crippen molar-refractivity contribution in [3.8, 4) is 22.6 Å². The molecule has 0 unspecified atom stereocenters.